The highest BCUT2D eigenvalue weighted by Crippen LogP contribution is 2.23. The number of hydrogen-bond donors (Lipinski definition) is 2. The second-order valence-corrected chi connectivity index (χ2v) is 4.92. The number of carboxylic acids is 1. The van der Waals surface area contributed by atoms with Crippen LogP contribution in [0, 0.1) is 5.82 Å². The lowest BCUT2D eigenvalue weighted by Crippen LogP contribution is -2.14. The van der Waals surface area contributed by atoms with Crippen LogP contribution >= 0.6 is 23.2 Å². The van der Waals surface area contributed by atoms with Crippen LogP contribution in [0.25, 0.3) is 0 Å². The lowest BCUT2D eigenvalue weighted by molar-refractivity contribution is 0.0696. The number of anilines is 1. The largest absolute Gasteiger partial charge is 0.478 e. The molecule has 0 radical (unpaired) electrons. The summed E-state index contributed by atoms with van der Waals surface area (Å²) in [7, 11) is 0. The maximum Gasteiger partial charge on any atom is 0.335 e. The Bertz CT molecular complexity index is 734. The number of carbonyl (C=O) groups is 2. The second kappa shape index (κ2) is 6.11. The number of carboxylic acid groups (broad SMARTS) is 1. The monoisotopic (exact) mass is 327 g/mol. The zero-order valence-corrected chi connectivity index (χ0v) is 11.9. The van der Waals surface area contributed by atoms with E-state index >= 15 is 0 Å². The van der Waals surface area contributed by atoms with Gasteiger partial charge in [-0.25, -0.2) is 9.18 Å². The van der Waals surface area contributed by atoms with E-state index in [1.54, 1.807) is 0 Å². The van der Waals surface area contributed by atoms with E-state index in [2.05, 4.69) is 5.32 Å². The van der Waals surface area contributed by atoms with Gasteiger partial charge < -0.3 is 10.4 Å². The molecule has 0 saturated heterocycles. The van der Waals surface area contributed by atoms with Gasteiger partial charge in [0.25, 0.3) is 5.91 Å². The van der Waals surface area contributed by atoms with Crippen molar-refractivity contribution in [3.63, 3.8) is 0 Å². The Kier molecular flexibility index (Phi) is 4.45. The first-order valence-electron chi connectivity index (χ1n) is 5.67. The van der Waals surface area contributed by atoms with Crippen molar-refractivity contribution in [3.05, 3.63) is 63.4 Å². The zero-order chi connectivity index (χ0) is 15.6. The van der Waals surface area contributed by atoms with Gasteiger partial charge in [0, 0.05) is 5.02 Å². The van der Waals surface area contributed by atoms with Crippen LogP contribution < -0.4 is 5.32 Å². The average Bonchev–Trinajstić information content (AvgIpc) is 2.40. The minimum atomic E-state index is -1.26. The quantitative estimate of drug-likeness (QED) is 0.892. The van der Waals surface area contributed by atoms with Gasteiger partial charge in [-0.05, 0) is 36.4 Å². The molecular formula is C14H8Cl2FNO3. The molecule has 0 aliphatic heterocycles. The van der Waals surface area contributed by atoms with Gasteiger partial charge in [0.2, 0.25) is 0 Å². The molecule has 0 atom stereocenters. The summed E-state index contributed by atoms with van der Waals surface area (Å²) >= 11 is 11.6. The van der Waals surface area contributed by atoms with E-state index in [1.807, 2.05) is 0 Å². The summed E-state index contributed by atoms with van der Waals surface area (Å²) in [4.78, 5) is 22.7. The first kappa shape index (κ1) is 15.3. The van der Waals surface area contributed by atoms with Gasteiger partial charge >= 0.3 is 5.97 Å². The summed E-state index contributed by atoms with van der Waals surface area (Å²) in [5.41, 5.74) is -0.228. The van der Waals surface area contributed by atoms with E-state index in [0.717, 1.165) is 6.07 Å². The number of carbonyl (C=O) groups excluding carboxylic acids is 1. The highest BCUT2D eigenvalue weighted by atomic mass is 35.5. The maximum atomic E-state index is 13.7. The third kappa shape index (κ3) is 3.51. The lowest BCUT2D eigenvalue weighted by Gasteiger charge is -2.08. The SMILES string of the molecule is O=C(O)c1ccc(NC(=O)c2ccc(Cl)cc2Cl)c(F)c1. The van der Waals surface area contributed by atoms with Crippen LogP contribution in [0.5, 0.6) is 0 Å². The molecule has 21 heavy (non-hydrogen) atoms. The van der Waals surface area contributed by atoms with Crippen molar-refractivity contribution in [1.82, 2.24) is 0 Å². The van der Waals surface area contributed by atoms with Crippen LogP contribution in [0.4, 0.5) is 10.1 Å². The fraction of sp³-hybridized carbons (Fsp3) is 0. The average molecular weight is 328 g/mol. The third-order valence-electron chi connectivity index (χ3n) is 2.64. The molecule has 1 amide bonds. The van der Waals surface area contributed by atoms with E-state index in [4.69, 9.17) is 28.3 Å². The number of benzene rings is 2. The lowest BCUT2D eigenvalue weighted by atomic mass is 10.1. The van der Waals surface area contributed by atoms with Crippen molar-refractivity contribution in [3.8, 4) is 0 Å². The molecule has 4 nitrogen and oxygen atoms in total. The second-order valence-electron chi connectivity index (χ2n) is 4.08. The van der Waals surface area contributed by atoms with Crippen LogP contribution in [0.3, 0.4) is 0 Å². The zero-order valence-electron chi connectivity index (χ0n) is 10.4. The van der Waals surface area contributed by atoms with Crippen molar-refractivity contribution < 1.29 is 19.1 Å². The van der Waals surface area contributed by atoms with Gasteiger partial charge in [-0.15, -0.1) is 0 Å². The molecule has 0 aliphatic rings. The standard InChI is InChI=1S/C14H8Cl2FNO3/c15-8-2-3-9(10(16)6-8)13(19)18-12-4-1-7(14(20)21)5-11(12)17/h1-6H,(H,18,19)(H,20,21). The highest BCUT2D eigenvalue weighted by molar-refractivity contribution is 6.37. The Morgan fingerprint density at radius 1 is 1.10 bits per heavy atom. The minimum Gasteiger partial charge on any atom is -0.478 e. The number of halogens is 3. The van der Waals surface area contributed by atoms with Crippen LogP contribution in [-0.4, -0.2) is 17.0 Å². The van der Waals surface area contributed by atoms with E-state index in [0.29, 0.717) is 5.02 Å². The summed E-state index contributed by atoms with van der Waals surface area (Å²) < 4.78 is 13.7. The van der Waals surface area contributed by atoms with Crippen LogP contribution in [0.2, 0.25) is 10.0 Å². The normalized spacial score (nSPS) is 10.2. The van der Waals surface area contributed by atoms with E-state index in [-0.39, 0.29) is 21.8 Å². The number of nitrogens with one attached hydrogen (secondary N) is 1. The van der Waals surface area contributed by atoms with Gasteiger partial charge in [0.15, 0.2) is 0 Å². The molecule has 7 heteroatoms. The fourth-order valence-electron chi connectivity index (χ4n) is 1.61. The Balaban J connectivity index is 2.25. The first-order valence-corrected chi connectivity index (χ1v) is 6.43. The maximum absolute atomic E-state index is 13.7. The van der Waals surface area contributed by atoms with E-state index in [9.17, 15) is 14.0 Å². The molecular weight excluding hydrogens is 320 g/mol. The third-order valence-corrected chi connectivity index (χ3v) is 3.19. The number of aromatic carboxylic acids is 1. The van der Waals surface area contributed by atoms with Gasteiger partial charge in [0.05, 0.1) is 21.8 Å². The summed E-state index contributed by atoms with van der Waals surface area (Å²) in [5.74, 6) is -2.74. The highest BCUT2D eigenvalue weighted by Gasteiger charge is 2.14. The molecule has 0 saturated carbocycles. The molecule has 0 heterocycles. The molecule has 0 bridgehead atoms. The molecule has 2 aromatic rings. The Hall–Kier alpha value is -2.11. The smallest absolute Gasteiger partial charge is 0.335 e. The van der Waals surface area contributed by atoms with Gasteiger partial charge in [-0.3, -0.25) is 4.79 Å². The van der Waals surface area contributed by atoms with Crippen molar-refractivity contribution >= 4 is 40.8 Å². The van der Waals surface area contributed by atoms with E-state index < -0.39 is 17.7 Å². The van der Waals surface area contributed by atoms with E-state index in [1.165, 1.54) is 30.3 Å². The number of rotatable bonds is 3. The predicted molar refractivity (Wildman–Crippen MR) is 77.8 cm³/mol. The molecule has 2 rings (SSSR count). The Labute approximate surface area is 129 Å². The van der Waals surface area contributed by atoms with Crippen LogP contribution in [0.15, 0.2) is 36.4 Å². The molecule has 0 aliphatic carbocycles. The molecule has 0 aromatic heterocycles. The summed E-state index contributed by atoms with van der Waals surface area (Å²) in [6.45, 7) is 0. The molecule has 2 N–H and O–H groups in total. The predicted octanol–water partition coefficient (Wildman–Crippen LogP) is 4.08. The first-order chi connectivity index (χ1) is 9.88. The van der Waals surface area contributed by atoms with Crippen LogP contribution in [-0.2, 0) is 0 Å². The Morgan fingerprint density at radius 2 is 1.81 bits per heavy atom. The number of amides is 1. The van der Waals surface area contributed by atoms with Crippen molar-refractivity contribution in [2.75, 3.05) is 5.32 Å². The van der Waals surface area contributed by atoms with Gasteiger partial charge in [0.1, 0.15) is 5.82 Å². The topological polar surface area (TPSA) is 66.4 Å². The van der Waals surface area contributed by atoms with Crippen molar-refractivity contribution in [2.24, 2.45) is 0 Å². The molecule has 108 valence electrons. The molecule has 0 spiro atoms. The fourth-order valence-corrected chi connectivity index (χ4v) is 2.11. The minimum absolute atomic E-state index is 0.127. The summed E-state index contributed by atoms with van der Waals surface area (Å²) in [6, 6.07) is 7.45. The van der Waals surface area contributed by atoms with Gasteiger partial charge in [-0.1, -0.05) is 23.2 Å². The molecule has 2 aromatic carbocycles. The van der Waals surface area contributed by atoms with Crippen LogP contribution in [0.1, 0.15) is 20.7 Å². The molecule has 0 unspecified atom stereocenters. The Morgan fingerprint density at radius 3 is 2.38 bits per heavy atom. The van der Waals surface area contributed by atoms with Crippen molar-refractivity contribution in [2.45, 2.75) is 0 Å². The summed E-state index contributed by atoms with van der Waals surface area (Å²) in [6.07, 6.45) is 0. The van der Waals surface area contributed by atoms with Gasteiger partial charge in [-0.2, -0.15) is 0 Å². The molecule has 0 fully saturated rings. The number of hydrogen-bond acceptors (Lipinski definition) is 2. The van der Waals surface area contributed by atoms with Crippen molar-refractivity contribution in [1.29, 1.82) is 0 Å². The summed E-state index contributed by atoms with van der Waals surface area (Å²) in [5, 5.41) is 11.6.